The number of aromatic nitrogens is 4. The van der Waals surface area contributed by atoms with Crippen LogP contribution in [-0.2, 0) is 17.9 Å². The summed E-state index contributed by atoms with van der Waals surface area (Å²) in [4.78, 5) is 42.1. The summed E-state index contributed by atoms with van der Waals surface area (Å²) in [7, 11) is 3.07. The van der Waals surface area contributed by atoms with Crippen LogP contribution in [0.2, 0.25) is 0 Å². The molecule has 4 aromatic rings. The molecule has 2 heterocycles. The molecule has 0 radical (unpaired) electrons. The van der Waals surface area contributed by atoms with Gasteiger partial charge in [0.2, 0.25) is 17.8 Å². The van der Waals surface area contributed by atoms with Crippen molar-refractivity contribution in [2.45, 2.75) is 39.8 Å². The molecule has 5 N–H and O–H groups in total. The molecule has 0 saturated carbocycles. The lowest BCUT2D eigenvalue weighted by Crippen LogP contribution is -2.26. The van der Waals surface area contributed by atoms with E-state index in [-0.39, 0.29) is 23.8 Å². The van der Waals surface area contributed by atoms with Crippen molar-refractivity contribution in [3.8, 4) is 11.5 Å². The van der Waals surface area contributed by atoms with Crippen molar-refractivity contribution in [3.05, 3.63) is 65.0 Å². The van der Waals surface area contributed by atoms with Gasteiger partial charge in [-0.25, -0.2) is 9.66 Å². The lowest BCUT2D eigenvalue weighted by molar-refractivity contribution is -0.121. The van der Waals surface area contributed by atoms with Crippen molar-refractivity contribution in [3.63, 3.8) is 0 Å². The summed E-state index contributed by atoms with van der Waals surface area (Å²) >= 11 is 0. The topological polar surface area (TPSA) is 167 Å². The molecule has 3 amide bonds. The van der Waals surface area contributed by atoms with Gasteiger partial charge in [0, 0.05) is 31.6 Å². The Morgan fingerprint density at radius 3 is 2.46 bits per heavy atom. The molecule has 13 nitrogen and oxygen atoms in total. The summed E-state index contributed by atoms with van der Waals surface area (Å²) in [6, 6.07) is 12.2. The lowest BCUT2D eigenvalue weighted by Gasteiger charge is -2.14. The van der Waals surface area contributed by atoms with Crippen molar-refractivity contribution in [1.29, 1.82) is 0 Å². The molecule has 0 fully saturated rings. The molecule has 13 heteroatoms. The number of hydrogen-bond donors (Lipinski definition) is 4. The van der Waals surface area contributed by atoms with Crippen LogP contribution in [0, 0.1) is 6.92 Å². The number of nitrogens with two attached hydrogens (primary N) is 1. The molecule has 0 saturated heterocycles. The molecular weight excluding hydrogens is 528 g/mol. The van der Waals surface area contributed by atoms with E-state index in [0.717, 1.165) is 11.3 Å². The Labute approximate surface area is 237 Å². The van der Waals surface area contributed by atoms with Crippen LogP contribution in [0.4, 0.5) is 5.95 Å². The highest BCUT2D eigenvalue weighted by atomic mass is 16.5. The molecule has 2 aromatic heterocycles. The Bertz CT molecular complexity index is 1560. The molecule has 2 aromatic carbocycles. The van der Waals surface area contributed by atoms with Crippen LogP contribution in [0.1, 0.15) is 51.9 Å². The predicted molar refractivity (Wildman–Crippen MR) is 154 cm³/mol. The van der Waals surface area contributed by atoms with E-state index in [4.69, 9.17) is 15.2 Å². The molecule has 4 rings (SSSR count). The minimum atomic E-state index is -0.638. The molecule has 0 spiro atoms. The van der Waals surface area contributed by atoms with Crippen molar-refractivity contribution in [2.75, 3.05) is 31.5 Å². The largest absolute Gasteiger partial charge is 0.497 e. The van der Waals surface area contributed by atoms with E-state index in [9.17, 15) is 14.4 Å². The van der Waals surface area contributed by atoms with Crippen molar-refractivity contribution in [1.82, 2.24) is 24.8 Å². The molecule has 41 heavy (non-hydrogen) atoms. The maximum Gasteiger partial charge on any atom is 0.276 e. The predicted octanol–water partition coefficient (Wildman–Crippen LogP) is 2.57. The van der Waals surface area contributed by atoms with Crippen LogP contribution in [0.15, 0.2) is 42.5 Å². The molecule has 216 valence electrons. The zero-order chi connectivity index (χ0) is 29.5. The van der Waals surface area contributed by atoms with E-state index in [1.54, 1.807) is 22.5 Å². The van der Waals surface area contributed by atoms with E-state index in [1.165, 1.54) is 19.2 Å². The summed E-state index contributed by atoms with van der Waals surface area (Å²) in [6.45, 7) is 5.00. The number of rotatable bonds is 13. The SMILES string of the molecule is CCn1nc(C)cc1C(=O)Nc1nc2cc(C(N)=O)cc(OC)c2n1NCCCC(=O)NCc1ccc(OC)cc1. The maximum absolute atomic E-state index is 13.2. The van der Waals surface area contributed by atoms with Crippen molar-refractivity contribution < 1.29 is 23.9 Å². The smallest absolute Gasteiger partial charge is 0.276 e. The van der Waals surface area contributed by atoms with Gasteiger partial charge < -0.3 is 25.9 Å². The summed E-state index contributed by atoms with van der Waals surface area (Å²) < 4.78 is 13.9. The zero-order valence-corrected chi connectivity index (χ0v) is 23.5. The van der Waals surface area contributed by atoms with E-state index in [1.807, 2.05) is 38.1 Å². The quantitative estimate of drug-likeness (QED) is 0.180. The fourth-order valence-corrected chi connectivity index (χ4v) is 4.32. The van der Waals surface area contributed by atoms with Crippen molar-refractivity contribution >= 4 is 34.7 Å². The standard InChI is InChI=1S/C28H34N8O5/c1-5-35-22(13-17(2)34-35)27(39)33-28-32-21-14-19(26(29)38)15-23(41-4)25(21)36(28)31-12-6-7-24(37)30-16-18-8-10-20(40-3)11-9-18/h8-11,13-15,31H,5-7,12,16H2,1-4H3,(H2,29,38)(H,30,37)(H,32,33,39). The number of benzene rings is 2. The van der Waals surface area contributed by atoms with Gasteiger partial charge in [0.05, 0.1) is 25.4 Å². The average Bonchev–Trinajstić information content (AvgIpc) is 3.53. The van der Waals surface area contributed by atoms with Crippen LogP contribution >= 0.6 is 0 Å². The maximum atomic E-state index is 13.2. The number of methoxy groups -OCH3 is 2. The van der Waals surface area contributed by atoms with E-state index in [2.05, 4.69) is 26.1 Å². The van der Waals surface area contributed by atoms with Crippen LogP contribution in [0.5, 0.6) is 11.5 Å². The Balaban J connectivity index is 1.49. The third kappa shape index (κ3) is 6.75. The van der Waals surface area contributed by atoms with Crippen LogP contribution < -0.4 is 31.3 Å². The van der Waals surface area contributed by atoms with Crippen LogP contribution in [0.25, 0.3) is 11.0 Å². The summed E-state index contributed by atoms with van der Waals surface area (Å²) in [5, 5.41) is 10.1. The molecule has 0 aliphatic rings. The number of primary amides is 1. The fraction of sp³-hybridized carbons (Fsp3) is 0.321. The molecule has 0 aliphatic heterocycles. The minimum absolute atomic E-state index is 0.0986. The highest BCUT2D eigenvalue weighted by Gasteiger charge is 2.21. The van der Waals surface area contributed by atoms with Gasteiger partial charge in [-0.15, -0.1) is 0 Å². The Morgan fingerprint density at radius 2 is 1.80 bits per heavy atom. The highest BCUT2D eigenvalue weighted by Crippen LogP contribution is 2.30. The Morgan fingerprint density at radius 1 is 1.05 bits per heavy atom. The average molecular weight is 563 g/mol. The molecule has 0 unspecified atom stereocenters. The van der Waals surface area contributed by atoms with E-state index < -0.39 is 11.8 Å². The second-order valence-electron chi connectivity index (χ2n) is 9.26. The number of ether oxygens (including phenoxy) is 2. The van der Waals surface area contributed by atoms with Gasteiger partial charge in [-0.2, -0.15) is 5.10 Å². The number of carbonyl (C=O) groups is 3. The molecule has 0 aliphatic carbocycles. The van der Waals surface area contributed by atoms with Gasteiger partial charge in [-0.3, -0.25) is 24.4 Å². The fourth-order valence-electron chi connectivity index (χ4n) is 4.32. The number of fused-ring (bicyclic) bond motifs is 1. The number of amides is 3. The number of nitrogens with one attached hydrogen (secondary N) is 3. The first-order valence-electron chi connectivity index (χ1n) is 13.1. The van der Waals surface area contributed by atoms with Gasteiger partial charge in [0.1, 0.15) is 22.7 Å². The second kappa shape index (κ2) is 12.9. The highest BCUT2D eigenvalue weighted by molar-refractivity contribution is 6.04. The summed E-state index contributed by atoms with van der Waals surface area (Å²) in [5.74, 6) is 0.124. The molecule has 0 bridgehead atoms. The lowest BCUT2D eigenvalue weighted by atomic mass is 10.1. The first kappa shape index (κ1) is 28.9. The number of carbonyl (C=O) groups excluding carboxylic acids is 3. The van der Waals surface area contributed by atoms with Gasteiger partial charge in [-0.05, 0) is 56.2 Å². The van der Waals surface area contributed by atoms with Gasteiger partial charge >= 0.3 is 0 Å². The third-order valence-corrected chi connectivity index (χ3v) is 6.38. The number of nitrogens with zero attached hydrogens (tertiary/aromatic N) is 4. The number of hydrogen-bond acceptors (Lipinski definition) is 8. The number of imidazole rings is 1. The van der Waals surface area contributed by atoms with Crippen molar-refractivity contribution in [2.24, 2.45) is 5.73 Å². The summed E-state index contributed by atoms with van der Waals surface area (Å²) in [6.07, 6.45) is 0.764. The Hall–Kier alpha value is -5.07. The molecule has 0 atom stereocenters. The van der Waals surface area contributed by atoms with Gasteiger partial charge in [-0.1, -0.05) is 12.1 Å². The monoisotopic (exact) mass is 562 g/mol. The van der Waals surface area contributed by atoms with Gasteiger partial charge in [0.15, 0.2) is 0 Å². The van der Waals surface area contributed by atoms with Gasteiger partial charge in [0.25, 0.3) is 5.91 Å². The first-order chi connectivity index (χ1) is 19.7. The zero-order valence-electron chi connectivity index (χ0n) is 23.5. The normalized spacial score (nSPS) is 10.8. The van der Waals surface area contributed by atoms with E-state index in [0.29, 0.717) is 54.2 Å². The summed E-state index contributed by atoms with van der Waals surface area (Å²) in [5.41, 5.74) is 11.9. The van der Waals surface area contributed by atoms with E-state index >= 15 is 0 Å². The van der Waals surface area contributed by atoms with Crippen LogP contribution in [-0.4, -0.2) is 57.9 Å². The second-order valence-corrected chi connectivity index (χ2v) is 9.26. The Kier molecular flexibility index (Phi) is 9.07. The number of anilines is 1. The van der Waals surface area contributed by atoms with Crippen LogP contribution in [0.3, 0.4) is 0 Å². The first-order valence-corrected chi connectivity index (χ1v) is 13.1. The number of aryl methyl sites for hydroxylation is 2. The third-order valence-electron chi connectivity index (χ3n) is 6.38. The molecular formula is C28H34N8O5. The minimum Gasteiger partial charge on any atom is -0.497 e.